The third-order valence-corrected chi connectivity index (χ3v) is 3.59. The number of carbonyl (C=O) groups excluding carboxylic acids is 1. The fraction of sp³-hybridized carbons (Fsp3) is 0.278. The van der Waals surface area contributed by atoms with Gasteiger partial charge in [-0.15, -0.1) is 0 Å². The van der Waals surface area contributed by atoms with Gasteiger partial charge in [0, 0.05) is 4.47 Å². The van der Waals surface area contributed by atoms with Gasteiger partial charge in [-0.1, -0.05) is 28.1 Å². The maximum absolute atomic E-state index is 12.0. The number of hydrogen-bond donors (Lipinski definition) is 0. The van der Waals surface area contributed by atoms with Gasteiger partial charge in [0.1, 0.15) is 5.75 Å². The quantitative estimate of drug-likeness (QED) is 0.550. The van der Waals surface area contributed by atoms with Gasteiger partial charge in [0.05, 0.1) is 6.61 Å². The molecule has 0 N–H and O–H groups in total. The molecule has 0 unspecified atom stereocenters. The normalized spacial score (nSPS) is 10.3. The summed E-state index contributed by atoms with van der Waals surface area (Å²) in [6, 6.07) is 11.0. The lowest BCUT2D eigenvalue weighted by Gasteiger charge is -2.13. The Morgan fingerprint density at radius 1 is 1.04 bits per heavy atom. The Balaban J connectivity index is 2.01. The number of esters is 1. The Morgan fingerprint density at radius 2 is 1.61 bits per heavy atom. The number of carbonyl (C=O) groups is 1. The number of rotatable bonds is 6. The SMILES string of the molecule is CCOc1ccccc1OCC(=O)Oc1c(C)cc(Br)cc1C. The van der Waals surface area contributed by atoms with E-state index in [0.29, 0.717) is 23.9 Å². The first-order chi connectivity index (χ1) is 11.0. The number of ether oxygens (including phenoxy) is 3. The molecule has 0 spiro atoms. The highest BCUT2D eigenvalue weighted by Crippen LogP contribution is 2.28. The fourth-order valence-electron chi connectivity index (χ4n) is 2.18. The molecule has 4 nitrogen and oxygen atoms in total. The Morgan fingerprint density at radius 3 is 2.17 bits per heavy atom. The van der Waals surface area contributed by atoms with Crippen LogP contribution in [0.5, 0.6) is 17.2 Å². The molecule has 0 heterocycles. The van der Waals surface area contributed by atoms with Gasteiger partial charge in [-0.3, -0.25) is 0 Å². The Bertz CT molecular complexity index is 674. The van der Waals surface area contributed by atoms with Crippen LogP contribution in [-0.2, 0) is 4.79 Å². The van der Waals surface area contributed by atoms with E-state index in [1.807, 2.05) is 45.0 Å². The lowest BCUT2D eigenvalue weighted by atomic mass is 10.1. The van der Waals surface area contributed by atoms with E-state index in [1.54, 1.807) is 12.1 Å². The van der Waals surface area contributed by atoms with Gasteiger partial charge in [0.2, 0.25) is 0 Å². The summed E-state index contributed by atoms with van der Waals surface area (Å²) in [6.07, 6.45) is 0. The van der Waals surface area contributed by atoms with Crippen molar-refractivity contribution in [2.24, 2.45) is 0 Å². The fourth-order valence-corrected chi connectivity index (χ4v) is 2.87. The van der Waals surface area contributed by atoms with Crippen LogP contribution in [-0.4, -0.2) is 19.2 Å². The van der Waals surface area contributed by atoms with E-state index < -0.39 is 5.97 Å². The molecule has 0 aliphatic rings. The molecular formula is C18H19BrO4. The highest BCUT2D eigenvalue weighted by Gasteiger charge is 2.13. The highest BCUT2D eigenvalue weighted by molar-refractivity contribution is 9.10. The van der Waals surface area contributed by atoms with Crippen LogP contribution in [0.2, 0.25) is 0 Å². The van der Waals surface area contributed by atoms with Gasteiger partial charge < -0.3 is 14.2 Å². The molecule has 0 atom stereocenters. The van der Waals surface area contributed by atoms with Crippen molar-refractivity contribution in [1.29, 1.82) is 0 Å². The third-order valence-electron chi connectivity index (χ3n) is 3.14. The molecule has 122 valence electrons. The zero-order valence-electron chi connectivity index (χ0n) is 13.4. The number of benzene rings is 2. The van der Waals surface area contributed by atoms with E-state index in [0.717, 1.165) is 15.6 Å². The van der Waals surface area contributed by atoms with E-state index in [1.165, 1.54) is 0 Å². The second-order valence-corrected chi connectivity index (χ2v) is 5.93. The predicted octanol–water partition coefficient (Wildman–Crippen LogP) is 4.45. The van der Waals surface area contributed by atoms with Crippen LogP contribution in [0.4, 0.5) is 0 Å². The molecule has 0 saturated heterocycles. The van der Waals surface area contributed by atoms with Crippen molar-refractivity contribution in [1.82, 2.24) is 0 Å². The Kier molecular flexibility index (Phi) is 6.04. The Labute approximate surface area is 144 Å². The van der Waals surface area contributed by atoms with Crippen LogP contribution < -0.4 is 14.2 Å². The molecule has 5 heteroatoms. The van der Waals surface area contributed by atoms with Gasteiger partial charge >= 0.3 is 5.97 Å². The maximum atomic E-state index is 12.0. The highest BCUT2D eigenvalue weighted by atomic mass is 79.9. The van der Waals surface area contributed by atoms with Gasteiger partial charge in [-0.05, 0) is 56.2 Å². The lowest BCUT2D eigenvalue weighted by molar-refractivity contribution is -0.136. The molecule has 0 aliphatic heterocycles. The first-order valence-corrected chi connectivity index (χ1v) is 8.12. The summed E-state index contributed by atoms with van der Waals surface area (Å²) in [7, 11) is 0. The van der Waals surface area contributed by atoms with Crippen LogP contribution >= 0.6 is 15.9 Å². The molecule has 23 heavy (non-hydrogen) atoms. The van der Waals surface area contributed by atoms with E-state index in [-0.39, 0.29) is 6.61 Å². The van der Waals surface area contributed by atoms with Crippen molar-refractivity contribution in [3.8, 4) is 17.2 Å². The van der Waals surface area contributed by atoms with Gasteiger partial charge in [-0.25, -0.2) is 4.79 Å². The first-order valence-electron chi connectivity index (χ1n) is 7.33. The third kappa shape index (κ3) is 4.73. The second kappa shape index (κ2) is 8.02. The molecule has 2 aromatic rings. The van der Waals surface area contributed by atoms with E-state index in [2.05, 4.69) is 15.9 Å². The summed E-state index contributed by atoms with van der Waals surface area (Å²) in [5.74, 6) is 1.25. The summed E-state index contributed by atoms with van der Waals surface area (Å²) >= 11 is 3.42. The van der Waals surface area contributed by atoms with Crippen molar-refractivity contribution in [2.75, 3.05) is 13.2 Å². The van der Waals surface area contributed by atoms with Crippen LogP contribution in [0, 0.1) is 13.8 Å². The maximum Gasteiger partial charge on any atom is 0.349 e. The van der Waals surface area contributed by atoms with Gasteiger partial charge in [0.25, 0.3) is 0 Å². The zero-order chi connectivity index (χ0) is 16.8. The van der Waals surface area contributed by atoms with E-state index in [4.69, 9.17) is 14.2 Å². The molecular weight excluding hydrogens is 360 g/mol. The second-order valence-electron chi connectivity index (χ2n) is 5.01. The standard InChI is InChI=1S/C18H19BrO4/c1-4-21-15-7-5-6-8-16(15)22-11-17(20)23-18-12(2)9-14(19)10-13(18)3/h5-10H,4,11H2,1-3H3. The summed E-state index contributed by atoms with van der Waals surface area (Å²) in [6.45, 7) is 6.03. The summed E-state index contributed by atoms with van der Waals surface area (Å²) in [4.78, 5) is 12.0. The van der Waals surface area contributed by atoms with Crippen LogP contribution in [0.25, 0.3) is 0 Å². The lowest BCUT2D eigenvalue weighted by Crippen LogP contribution is -2.19. The zero-order valence-corrected chi connectivity index (χ0v) is 15.0. The summed E-state index contributed by atoms with van der Waals surface area (Å²) in [5.41, 5.74) is 1.78. The van der Waals surface area contributed by atoms with Crippen molar-refractivity contribution in [3.05, 3.63) is 52.0 Å². The molecule has 0 aliphatic carbocycles. The van der Waals surface area contributed by atoms with Crippen molar-refractivity contribution in [3.63, 3.8) is 0 Å². The molecule has 0 bridgehead atoms. The summed E-state index contributed by atoms with van der Waals surface area (Å²) < 4.78 is 17.4. The van der Waals surface area contributed by atoms with Crippen molar-refractivity contribution >= 4 is 21.9 Å². The smallest absolute Gasteiger partial charge is 0.349 e. The number of halogens is 1. The van der Waals surface area contributed by atoms with Crippen LogP contribution in [0.15, 0.2) is 40.9 Å². The number of para-hydroxylation sites is 2. The first kappa shape index (κ1) is 17.3. The average Bonchev–Trinajstić information content (AvgIpc) is 2.50. The molecule has 2 rings (SSSR count). The van der Waals surface area contributed by atoms with Crippen molar-refractivity contribution in [2.45, 2.75) is 20.8 Å². The van der Waals surface area contributed by atoms with Crippen LogP contribution in [0.3, 0.4) is 0 Å². The Hall–Kier alpha value is -2.01. The van der Waals surface area contributed by atoms with Crippen LogP contribution in [0.1, 0.15) is 18.1 Å². The minimum atomic E-state index is -0.454. The molecule has 2 aromatic carbocycles. The minimum absolute atomic E-state index is 0.182. The van der Waals surface area contributed by atoms with Gasteiger partial charge in [0.15, 0.2) is 18.1 Å². The van der Waals surface area contributed by atoms with E-state index >= 15 is 0 Å². The molecule has 0 aromatic heterocycles. The summed E-state index contributed by atoms with van der Waals surface area (Å²) in [5, 5.41) is 0. The number of aryl methyl sites for hydroxylation is 2. The largest absolute Gasteiger partial charge is 0.490 e. The average molecular weight is 379 g/mol. The monoisotopic (exact) mass is 378 g/mol. The minimum Gasteiger partial charge on any atom is -0.490 e. The predicted molar refractivity (Wildman–Crippen MR) is 92.4 cm³/mol. The molecule has 0 saturated carbocycles. The molecule has 0 amide bonds. The topological polar surface area (TPSA) is 44.8 Å². The molecule has 0 radical (unpaired) electrons. The van der Waals surface area contributed by atoms with Gasteiger partial charge in [-0.2, -0.15) is 0 Å². The van der Waals surface area contributed by atoms with Crippen molar-refractivity contribution < 1.29 is 19.0 Å². The molecule has 0 fully saturated rings. The van der Waals surface area contributed by atoms with E-state index in [9.17, 15) is 4.79 Å². The number of hydrogen-bond acceptors (Lipinski definition) is 4.